The fraction of sp³-hybridized carbons (Fsp3) is 0.192. The van der Waals surface area contributed by atoms with E-state index >= 15 is 0 Å². The van der Waals surface area contributed by atoms with Crippen molar-refractivity contribution in [3.63, 3.8) is 0 Å². The highest BCUT2D eigenvalue weighted by molar-refractivity contribution is 6.09. The Balaban J connectivity index is 1.70. The normalized spacial score (nSPS) is 18.8. The molecule has 156 valence electrons. The summed E-state index contributed by atoms with van der Waals surface area (Å²) in [6, 6.07) is 24.0. The molecule has 1 atom stereocenters. The summed E-state index contributed by atoms with van der Waals surface area (Å²) in [5.74, 6) is 0. The Kier molecular flexibility index (Phi) is 4.66. The second-order valence-electron chi connectivity index (χ2n) is 8.19. The summed E-state index contributed by atoms with van der Waals surface area (Å²) >= 11 is 0. The number of hydrogen-bond donors (Lipinski definition) is 0. The topological polar surface area (TPSA) is 60.9 Å². The van der Waals surface area contributed by atoms with Crippen molar-refractivity contribution in [2.24, 2.45) is 0 Å². The first-order valence-electron chi connectivity index (χ1n) is 10.3. The molecule has 2 fully saturated rings. The van der Waals surface area contributed by atoms with Gasteiger partial charge < -0.3 is 4.74 Å². The molecule has 0 N–H and O–H groups in total. The molecule has 0 radical (unpaired) electrons. The number of hydrogen-bond acceptors (Lipinski definition) is 3. The number of urea groups is 1. The molecule has 0 aromatic heterocycles. The van der Waals surface area contributed by atoms with Crippen LogP contribution in [0.5, 0.6) is 0 Å². The monoisotopic (exact) mass is 420 g/mol. The lowest BCUT2D eigenvalue weighted by atomic mass is 9.82. The Morgan fingerprint density at radius 1 is 1.06 bits per heavy atom. The summed E-state index contributed by atoms with van der Waals surface area (Å²) in [6.45, 7) is 10.2. The Bertz CT molecular complexity index is 1260. The second-order valence-corrected chi connectivity index (χ2v) is 8.19. The van der Waals surface area contributed by atoms with Crippen LogP contribution in [0.4, 0.5) is 21.9 Å². The number of anilines is 2. The van der Waals surface area contributed by atoms with Crippen molar-refractivity contribution in [3.8, 4) is 6.07 Å². The Morgan fingerprint density at radius 2 is 1.75 bits per heavy atom. The van der Waals surface area contributed by atoms with E-state index in [4.69, 9.17) is 11.3 Å². The number of ether oxygens (including phenoxy) is 1. The number of aryl methyl sites for hydroxylation is 1. The maximum Gasteiger partial charge on any atom is 0.330 e. The lowest BCUT2D eigenvalue weighted by molar-refractivity contribution is -0.0579. The van der Waals surface area contributed by atoms with E-state index in [1.165, 1.54) is 0 Å². The van der Waals surface area contributed by atoms with Gasteiger partial charge in [-0.25, -0.2) is 9.64 Å². The van der Waals surface area contributed by atoms with Crippen molar-refractivity contribution in [1.82, 2.24) is 0 Å². The van der Waals surface area contributed by atoms with Gasteiger partial charge >= 0.3 is 6.03 Å². The van der Waals surface area contributed by atoms with Gasteiger partial charge in [0, 0.05) is 11.4 Å². The highest BCUT2D eigenvalue weighted by atomic mass is 16.5. The van der Waals surface area contributed by atoms with Crippen LogP contribution in [0.3, 0.4) is 0 Å². The summed E-state index contributed by atoms with van der Waals surface area (Å²) in [5.41, 5.74) is 3.97. The average molecular weight is 420 g/mol. The number of nitrogens with zero attached hydrogens (tertiary/aromatic N) is 4. The Morgan fingerprint density at radius 3 is 2.34 bits per heavy atom. The largest absolute Gasteiger partial charge is 0.376 e. The lowest BCUT2D eigenvalue weighted by Crippen LogP contribution is -2.62. The SMILES string of the molecule is [C-]#[N+]c1cccc([C@H]2N(c3ccc(C)cc3)C(=O)N(c3ccc(C#N)cc3)C23COC3)c1. The zero-order valence-electron chi connectivity index (χ0n) is 17.5. The Hall–Kier alpha value is -4.13. The average Bonchev–Trinajstić information content (AvgIpc) is 3.09. The Labute approximate surface area is 186 Å². The first-order valence-corrected chi connectivity index (χ1v) is 10.3. The van der Waals surface area contributed by atoms with Gasteiger partial charge in [0.05, 0.1) is 37.5 Å². The summed E-state index contributed by atoms with van der Waals surface area (Å²) in [4.78, 5) is 21.2. The van der Waals surface area contributed by atoms with Crippen LogP contribution in [0.25, 0.3) is 4.85 Å². The van der Waals surface area contributed by atoms with Gasteiger partial charge in [0.1, 0.15) is 5.54 Å². The third kappa shape index (κ3) is 2.93. The summed E-state index contributed by atoms with van der Waals surface area (Å²) in [7, 11) is 0. The van der Waals surface area contributed by atoms with Crippen molar-refractivity contribution >= 4 is 23.1 Å². The van der Waals surface area contributed by atoms with E-state index in [2.05, 4.69) is 10.9 Å². The van der Waals surface area contributed by atoms with Crippen molar-refractivity contribution in [2.75, 3.05) is 23.0 Å². The number of amides is 2. The molecule has 2 amide bonds. The lowest BCUT2D eigenvalue weighted by Gasteiger charge is -2.47. The predicted octanol–water partition coefficient (Wildman–Crippen LogP) is 5.37. The van der Waals surface area contributed by atoms with E-state index in [1.54, 1.807) is 23.1 Å². The molecule has 3 aromatic rings. The number of benzene rings is 3. The molecule has 2 aliphatic rings. The molecule has 6 heteroatoms. The van der Waals surface area contributed by atoms with E-state index in [1.807, 2.05) is 66.4 Å². The zero-order valence-corrected chi connectivity index (χ0v) is 17.5. The van der Waals surface area contributed by atoms with Crippen LogP contribution in [0, 0.1) is 24.8 Å². The van der Waals surface area contributed by atoms with Gasteiger partial charge in [-0.1, -0.05) is 42.0 Å². The number of nitriles is 1. The predicted molar refractivity (Wildman–Crippen MR) is 122 cm³/mol. The minimum atomic E-state index is -0.614. The van der Waals surface area contributed by atoms with Crippen LogP contribution in [-0.2, 0) is 4.74 Å². The van der Waals surface area contributed by atoms with E-state index in [9.17, 15) is 10.1 Å². The van der Waals surface area contributed by atoms with E-state index in [0.717, 1.165) is 22.5 Å². The highest BCUT2D eigenvalue weighted by Gasteiger charge is 2.62. The number of carbonyl (C=O) groups is 1. The van der Waals surface area contributed by atoms with E-state index < -0.39 is 5.54 Å². The summed E-state index contributed by atoms with van der Waals surface area (Å²) in [6.07, 6.45) is 0. The number of carbonyl (C=O) groups excluding carboxylic acids is 1. The third-order valence-electron chi connectivity index (χ3n) is 6.20. The van der Waals surface area contributed by atoms with Crippen LogP contribution in [-0.4, -0.2) is 24.8 Å². The molecule has 0 bridgehead atoms. The van der Waals surface area contributed by atoms with Gasteiger partial charge in [-0.15, -0.1) is 0 Å². The standard InChI is InChI=1S/C26H20N4O2/c1-18-6-10-22(11-7-18)29-24(20-4-3-5-21(14-20)28-2)26(16-32-17-26)30(25(29)31)23-12-8-19(15-27)9-13-23/h3-14,24H,16-17H2,1H3/t24-/m1/s1. The summed E-state index contributed by atoms with van der Waals surface area (Å²) < 4.78 is 5.68. The van der Waals surface area contributed by atoms with Crippen molar-refractivity contribution in [1.29, 1.82) is 5.26 Å². The first kappa shape index (κ1) is 19.8. The smallest absolute Gasteiger partial charge is 0.330 e. The highest BCUT2D eigenvalue weighted by Crippen LogP contribution is 2.51. The van der Waals surface area contributed by atoms with E-state index in [-0.39, 0.29) is 12.1 Å². The number of rotatable bonds is 3. The molecule has 32 heavy (non-hydrogen) atoms. The van der Waals surface area contributed by atoms with Crippen LogP contribution >= 0.6 is 0 Å². The van der Waals surface area contributed by atoms with Crippen LogP contribution < -0.4 is 9.80 Å². The molecule has 3 aromatic carbocycles. The first-order chi connectivity index (χ1) is 15.6. The van der Waals surface area contributed by atoms with Crippen molar-refractivity contribution < 1.29 is 9.53 Å². The molecular weight excluding hydrogens is 400 g/mol. The van der Waals surface area contributed by atoms with Crippen LogP contribution in [0.15, 0.2) is 72.8 Å². The van der Waals surface area contributed by atoms with Gasteiger partial charge in [-0.2, -0.15) is 5.26 Å². The molecule has 5 rings (SSSR count). The molecule has 2 saturated heterocycles. The molecule has 0 saturated carbocycles. The molecule has 2 heterocycles. The summed E-state index contributed by atoms with van der Waals surface area (Å²) in [5, 5.41) is 9.18. The fourth-order valence-corrected chi connectivity index (χ4v) is 4.61. The van der Waals surface area contributed by atoms with Gasteiger partial charge in [0.2, 0.25) is 0 Å². The minimum absolute atomic E-state index is 0.153. The minimum Gasteiger partial charge on any atom is -0.376 e. The quantitative estimate of drug-likeness (QED) is 0.535. The maximum absolute atomic E-state index is 14.0. The molecular formula is C26H20N4O2. The zero-order chi connectivity index (χ0) is 22.3. The van der Waals surface area contributed by atoms with Gasteiger partial charge in [-0.3, -0.25) is 9.80 Å². The van der Waals surface area contributed by atoms with Gasteiger partial charge in [0.25, 0.3) is 0 Å². The van der Waals surface area contributed by atoms with Gasteiger partial charge in [-0.05, 0) is 48.9 Å². The van der Waals surface area contributed by atoms with Crippen LogP contribution in [0.2, 0.25) is 0 Å². The van der Waals surface area contributed by atoms with E-state index in [0.29, 0.717) is 24.5 Å². The molecule has 2 aliphatic heterocycles. The van der Waals surface area contributed by atoms with Crippen LogP contribution in [0.1, 0.15) is 22.7 Å². The molecule has 0 unspecified atom stereocenters. The molecule has 1 spiro atoms. The van der Waals surface area contributed by atoms with Crippen molar-refractivity contribution in [2.45, 2.75) is 18.5 Å². The third-order valence-corrected chi connectivity index (χ3v) is 6.20. The fourth-order valence-electron chi connectivity index (χ4n) is 4.61. The van der Waals surface area contributed by atoms with Gasteiger partial charge in [0.15, 0.2) is 5.69 Å². The maximum atomic E-state index is 14.0. The van der Waals surface area contributed by atoms with Crippen molar-refractivity contribution in [3.05, 3.63) is 101 Å². The molecule has 6 nitrogen and oxygen atoms in total. The molecule has 0 aliphatic carbocycles. The second kappa shape index (κ2) is 7.53.